The van der Waals surface area contributed by atoms with Gasteiger partial charge in [-0.1, -0.05) is 12.1 Å². The highest BCUT2D eigenvalue weighted by Gasteiger charge is 2.12. The molecule has 0 amide bonds. The van der Waals surface area contributed by atoms with Crippen LogP contribution < -0.4 is 0 Å². The van der Waals surface area contributed by atoms with Gasteiger partial charge in [0.05, 0.1) is 45.0 Å². The Balaban J connectivity index is 1.63. The fraction of sp³-hybridized carbons (Fsp3) is 0. The number of hydrogen-bond donors (Lipinski definition) is 4. The molecule has 0 aliphatic rings. The lowest BCUT2D eigenvalue weighted by Gasteiger charge is -2.03. The maximum Gasteiger partial charge on any atom is 0.335 e. The Bertz CT molecular complexity index is 1510. The van der Waals surface area contributed by atoms with Gasteiger partial charge in [-0.3, -0.25) is 0 Å². The lowest BCUT2D eigenvalue weighted by molar-refractivity contribution is 0.0676. The summed E-state index contributed by atoms with van der Waals surface area (Å²) >= 11 is 0. The molecule has 4 N–H and O–H groups in total. The number of aromatic carboxylic acids is 4. The summed E-state index contributed by atoms with van der Waals surface area (Å²) in [5.74, 6) is -5.20. The topological polar surface area (TPSA) is 199 Å². The molecule has 0 aliphatic heterocycles. The molecule has 38 heavy (non-hydrogen) atoms. The van der Waals surface area contributed by atoms with E-state index in [0.717, 1.165) is 17.5 Å². The van der Waals surface area contributed by atoms with Gasteiger partial charge in [-0.15, -0.1) is 0 Å². The normalized spacial score (nSPS) is 11.3. The summed E-state index contributed by atoms with van der Waals surface area (Å²) in [5, 5.41) is 54.4. The Kier molecular flexibility index (Phi) is 6.97. The van der Waals surface area contributed by atoms with E-state index in [1.165, 1.54) is 24.3 Å². The van der Waals surface area contributed by atoms with Crippen LogP contribution in [0, 0.1) is 0 Å². The number of fused-ring (bicyclic) bond motifs is 1. The molecule has 0 saturated heterocycles. The molecule has 0 unspecified atom stereocenters. The van der Waals surface area contributed by atoms with Gasteiger partial charge in [0.2, 0.25) is 0 Å². The largest absolute Gasteiger partial charge is 0.478 e. The van der Waals surface area contributed by atoms with E-state index in [4.69, 9.17) is 0 Å². The first kappa shape index (κ1) is 25.3. The van der Waals surface area contributed by atoms with Crippen molar-refractivity contribution in [1.82, 2.24) is 0 Å². The van der Waals surface area contributed by atoms with E-state index in [1.54, 1.807) is 36.4 Å². The maximum atomic E-state index is 11.3. The molecule has 0 fully saturated rings. The van der Waals surface area contributed by atoms with Crippen LogP contribution in [0.5, 0.6) is 0 Å². The van der Waals surface area contributed by atoms with Crippen molar-refractivity contribution in [3.05, 3.63) is 95.1 Å². The third-order valence-electron chi connectivity index (χ3n) is 5.19. The Morgan fingerprint density at radius 3 is 1.03 bits per heavy atom. The summed E-state index contributed by atoms with van der Waals surface area (Å²) in [7, 11) is 0. The fourth-order valence-corrected chi connectivity index (χ4v) is 3.41. The number of hydrogen-bond acceptors (Lipinski definition) is 8. The summed E-state index contributed by atoms with van der Waals surface area (Å²) in [4.78, 5) is 45.1. The predicted octanol–water partition coefficient (Wildman–Crippen LogP) is 6.46. The number of carbonyl (C=O) groups is 4. The number of nitrogens with zero attached hydrogens (tertiary/aromatic N) is 4. The van der Waals surface area contributed by atoms with Crippen LogP contribution in [0.2, 0.25) is 0 Å². The van der Waals surface area contributed by atoms with E-state index < -0.39 is 23.9 Å². The average molecular weight is 512 g/mol. The monoisotopic (exact) mass is 512 g/mol. The fourth-order valence-electron chi connectivity index (χ4n) is 3.41. The molecule has 0 atom stereocenters. The second kappa shape index (κ2) is 10.5. The Morgan fingerprint density at radius 1 is 0.395 bits per heavy atom. The van der Waals surface area contributed by atoms with Crippen molar-refractivity contribution in [2.24, 2.45) is 20.5 Å². The minimum absolute atomic E-state index is 0.0502. The summed E-state index contributed by atoms with van der Waals surface area (Å²) in [6, 6.07) is 17.0. The van der Waals surface area contributed by atoms with Gasteiger partial charge in [-0.2, -0.15) is 20.5 Å². The Labute approximate surface area is 212 Å². The summed E-state index contributed by atoms with van der Waals surface area (Å²) in [6.07, 6.45) is 0. The quantitative estimate of drug-likeness (QED) is 0.193. The number of carboxylic acid groups (broad SMARTS) is 4. The van der Waals surface area contributed by atoms with Crippen molar-refractivity contribution < 1.29 is 39.6 Å². The van der Waals surface area contributed by atoms with Crippen molar-refractivity contribution in [3.8, 4) is 0 Å². The number of benzene rings is 4. The average Bonchev–Trinajstić information content (AvgIpc) is 2.89. The Morgan fingerprint density at radius 2 is 0.711 bits per heavy atom. The van der Waals surface area contributed by atoms with Crippen LogP contribution in [-0.2, 0) is 0 Å². The highest BCUT2D eigenvalue weighted by molar-refractivity contribution is 5.96. The molecule has 4 rings (SSSR count). The molecule has 4 aromatic carbocycles. The van der Waals surface area contributed by atoms with E-state index in [2.05, 4.69) is 20.5 Å². The number of azo groups is 2. The molecule has 188 valence electrons. The SMILES string of the molecule is O=C(O)c1cc(/N=N/c2ccc3ccc(/N=N/c4cc(C(=O)O)cc(C(=O)O)c4)cc3c2)cc(C(=O)O)c1. The maximum absolute atomic E-state index is 11.3. The standard InChI is InChI=1S/C26H16N4O8/c31-23(32)15-5-16(24(33)34)10-21(9-15)29-27-19-3-1-13-2-4-20(8-14(13)7-19)28-30-22-11-17(25(35)36)6-18(12-22)26(37)38/h1-12H,(H,31,32)(H,33,34)(H,35,36)(H,37,38)/b29-27+,30-28+. The van der Waals surface area contributed by atoms with Gasteiger partial charge in [-0.25, -0.2) is 19.2 Å². The zero-order chi connectivity index (χ0) is 27.4. The molecule has 0 spiro atoms. The van der Waals surface area contributed by atoms with Crippen molar-refractivity contribution in [2.45, 2.75) is 0 Å². The minimum Gasteiger partial charge on any atom is -0.478 e. The van der Waals surface area contributed by atoms with E-state index >= 15 is 0 Å². The molecule has 12 nitrogen and oxygen atoms in total. The highest BCUT2D eigenvalue weighted by atomic mass is 16.4. The van der Waals surface area contributed by atoms with Crippen LogP contribution in [0.3, 0.4) is 0 Å². The number of carboxylic acids is 4. The van der Waals surface area contributed by atoms with Crippen molar-refractivity contribution >= 4 is 57.4 Å². The second-order valence-electron chi connectivity index (χ2n) is 7.87. The van der Waals surface area contributed by atoms with Gasteiger partial charge in [0.15, 0.2) is 0 Å². The van der Waals surface area contributed by atoms with Gasteiger partial charge in [-0.05, 0) is 71.4 Å². The second-order valence-corrected chi connectivity index (χ2v) is 7.87. The minimum atomic E-state index is -1.30. The van der Waals surface area contributed by atoms with Crippen LogP contribution in [0.1, 0.15) is 41.4 Å². The van der Waals surface area contributed by atoms with E-state index in [9.17, 15) is 39.6 Å². The van der Waals surface area contributed by atoms with Crippen LogP contribution in [0.25, 0.3) is 10.8 Å². The van der Waals surface area contributed by atoms with Crippen molar-refractivity contribution in [1.29, 1.82) is 0 Å². The molecule has 0 aromatic heterocycles. The van der Waals surface area contributed by atoms with E-state index in [-0.39, 0.29) is 33.6 Å². The summed E-state index contributed by atoms with van der Waals surface area (Å²) in [5.41, 5.74) is -0.0700. The smallest absolute Gasteiger partial charge is 0.335 e. The lowest BCUT2D eigenvalue weighted by atomic mass is 10.1. The molecule has 12 heteroatoms. The zero-order valence-corrected chi connectivity index (χ0v) is 19.1. The lowest BCUT2D eigenvalue weighted by Crippen LogP contribution is -2.01. The van der Waals surface area contributed by atoms with E-state index in [1.807, 2.05) is 0 Å². The molecule has 4 aromatic rings. The van der Waals surface area contributed by atoms with Gasteiger partial charge in [0.25, 0.3) is 0 Å². The third-order valence-corrected chi connectivity index (χ3v) is 5.19. The van der Waals surface area contributed by atoms with Crippen molar-refractivity contribution in [2.75, 3.05) is 0 Å². The molecule has 0 aliphatic carbocycles. The first-order valence-corrected chi connectivity index (χ1v) is 10.7. The van der Waals surface area contributed by atoms with Crippen molar-refractivity contribution in [3.63, 3.8) is 0 Å². The zero-order valence-electron chi connectivity index (χ0n) is 19.1. The molecule has 0 radical (unpaired) electrons. The highest BCUT2D eigenvalue weighted by Crippen LogP contribution is 2.29. The summed E-state index contributed by atoms with van der Waals surface area (Å²) < 4.78 is 0. The van der Waals surface area contributed by atoms with Crippen LogP contribution >= 0.6 is 0 Å². The van der Waals surface area contributed by atoms with Crippen LogP contribution in [-0.4, -0.2) is 44.3 Å². The third kappa shape index (κ3) is 5.88. The van der Waals surface area contributed by atoms with Gasteiger partial charge >= 0.3 is 23.9 Å². The molecular weight excluding hydrogens is 496 g/mol. The van der Waals surface area contributed by atoms with Crippen LogP contribution in [0.4, 0.5) is 22.7 Å². The van der Waals surface area contributed by atoms with E-state index in [0.29, 0.717) is 16.8 Å². The molecule has 0 bridgehead atoms. The molecule has 0 heterocycles. The summed E-state index contributed by atoms with van der Waals surface area (Å²) in [6.45, 7) is 0. The predicted molar refractivity (Wildman–Crippen MR) is 133 cm³/mol. The van der Waals surface area contributed by atoms with Gasteiger partial charge in [0, 0.05) is 0 Å². The Hall–Kier alpha value is -5.78. The first-order chi connectivity index (χ1) is 18.1. The molecular formula is C26H16N4O8. The van der Waals surface area contributed by atoms with Gasteiger partial charge < -0.3 is 20.4 Å². The van der Waals surface area contributed by atoms with Gasteiger partial charge in [0.1, 0.15) is 0 Å². The van der Waals surface area contributed by atoms with Crippen LogP contribution in [0.15, 0.2) is 93.3 Å². The number of rotatable bonds is 8. The molecule has 0 saturated carbocycles. The first-order valence-electron chi connectivity index (χ1n) is 10.7.